The number of aliphatic hydroxyl groups is 2. The van der Waals surface area contributed by atoms with Crippen molar-refractivity contribution >= 4 is 17.3 Å². The molecule has 1 heterocycles. The number of rotatable bonds is 5. The average molecular weight is 285 g/mol. The van der Waals surface area contributed by atoms with Crippen molar-refractivity contribution < 1.29 is 10.2 Å². The lowest BCUT2D eigenvalue weighted by Gasteiger charge is -2.29. The molecule has 1 aromatic carbocycles. The number of benzene rings is 1. The van der Waals surface area contributed by atoms with Gasteiger partial charge in [0.1, 0.15) is 6.10 Å². The lowest BCUT2D eigenvalue weighted by atomic mass is 10.0. The molecular formula is C14H21ClN2O2. The number of alkyl halides is 1. The van der Waals surface area contributed by atoms with Crippen LogP contribution in [0.5, 0.6) is 0 Å². The van der Waals surface area contributed by atoms with E-state index in [4.69, 9.17) is 11.6 Å². The van der Waals surface area contributed by atoms with Gasteiger partial charge in [-0.25, -0.2) is 0 Å². The van der Waals surface area contributed by atoms with Crippen LogP contribution in [0.2, 0.25) is 0 Å². The third kappa shape index (κ3) is 3.83. The van der Waals surface area contributed by atoms with E-state index in [1.165, 1.54) is 0 Å². The first-order valence-electron chi connectivity index (χ1n) is 6.70. The first-order valence-corrected chi connectivity index (χ1v) is 7.23. The number of piperazine rings is 1. The molecule has 0 saturated carbocycles. The van der Waals surface area contributed by atoms with Crippen molar-refractivity contribution in [3.05, 3.63) is 29.8 Å². The Morgan fingerprint density at radius 2 is 1.79 bits per heavy atom. The molecule has 0 aliphatic carbocycles. The molecule has 1 aromatic rings. The van der Waals surface area contributed by atoms with Crippen LogP contribution in [0.3, 0.4) is 0 Å². The van der Waals surface area contributed by atoms with E-state index in [-0.39, 0.29) is 0 Å². The van der Waals surface area contributed by atoms with Crippen LogP contribution in [0.15, 0.2) is 24.3 Å². The molecule has 3 N–H and O–H groups in total. The lowest BCUT2D eigenvalue weighted by molar-refractivity contribution is 0.0170. The number of nitrogens with one attached hydrogen (secondary N) is 1. The first kappa shape index (κ1) is 14.6. The van der Waals surface area contributed by atoms with E-state index in [0.717, 1.165) is 37.4 Å². The number of halogens is 1. The molecule has 1 saturated heterocycles. The third-order valence-electron chi connectivity index (χ3n) is 3.49. The maximum Gasteiger partial charge on any atom is 0.105 e. The predicted octanol–water partition coefficient (Wildman–Crippen LogP) is 1.12. The molecule has 0 amide bonds. The van der Waals surface area contributed by atoms with Crippen LogP contribution >= 0.6 is 11.6 Å². The van der Waals surface area contributed by atoms with Crippen molar-refractivity contribution in [2.45, 2.75) is 18.6 Å². The van der Waals surface area contributed by atoms with E-state index in [0.29, 0.717) is 12.3 Å². The van der Waals surface area contributed by atoms with E-state index in [2.05, 4.69) is 10.2 Å². The summed E-state index contributed by atoms with van der Waals surface area (Å²) in [6, 6.07) is 7.74. The van der Waals surface area contributed by atoms with E-state index < -0.39 is 12.2 Å². The second-order valence-electron chi connectivity index (χ2n) is 4.82. The van der Waals surface area contributed by atoms with Gasteiger partial charge in [0.05, 0.1) is 6.10 Å². The second kappa shape index (κ2) is 7.10. The van der Waals surface area contributed by atoms with Crippen molar-refractivity contribution in [1.82, 2.24) is 5.32 Å². The molecule has 106 valence electrons. The van der Waals surface area contributed by atoms with Crippen LogP contribution in [0.4, 0.5) is 5.69 Å². The predicted molar refractivity (Wildman–Crippen MR) is 77.8 cm³/mol. The van der Waals surface area contributed by atoms with Gasteiger partial charge in [-0.3, -0.25) is 0 Å². The average Bonchev–Trinajstić information content (AvgIpc) is 2.48. The minimum atomic E-state index is -0.865. The molecule has 2 unspecified atom stereocenters. The fourth-order valence-electron chi connectivity index (χ4n) is 2.30. The maximum atomic E-state index is 9.99. The molecule has 0 spiro atoms. The summed E-state index contributed by atoms with van der Waals surface area (Å²) in [5.41, 5.74) is 1.89. The van der Waals surface area contributed by atoms with Crippen molar-refractivity contribution in [3.8, 4) is 0 Å². The molecule has 1 aliphatic rings. The van der Waals surface area contributed by atoms with E-state index >= 15 is 0 Å². The Balaban J connectivity index is 2.01. The molecule has 0 aromatic heterocycles. The minimum Gasteiger partial charge on any atom is -0.390 e. The van der Waals surface area contributed by atoms with Gasteiger partial charge < -0.3 is 20.4 Å². The zero-order chi connectivity index (χ0) is 13.7. The van der Waals surface area contributed by atoms with Gasteiger partial charge in [-0.05, 0) is 24.1 Å². The topological polar surface area (TPSA) is 55.7 Å². The van der Waals surface area contributed by atoms with E-state index in [1.807, 2.05) is 24.3 Å². The summed E-state index contributed by atoms with van der Waals surface area (Å²) in [5, 5.41) is 23.0. The quantitative estimate of drug-likeness (QED) is 0.710. The Kier molecular flexibility index (Phi) is 5.45. The third-order valence-corrected chi connectivity index (χ3v) is 3.70. The van der Waals surface area contributed by atoms with Gasteiger partial charge in [-0.15, -0.1) is 11.6 Å². The van der Waals surface area contributed by atoms with E-state index in [9.17, 15) is 10.2 Å². The minimum absolute atomic E-state index is 0.344. The highest BCUT2D eigenvalue weighted by atomic mass is 35.5. The highest BCUT2D eigenvalue weighted by molar-refractivity contribution is 6.17. The molecule has 5 heteroatoms. The Hall–Kier alpha value is -0.810. The van der Waals surface area contributed by atoms with Crippen LogP contribution in [0, 0.1) is 0 Å². The van der Waals surface area contributed by atoms with Crippen molar-refractivity contribution in [2.75, 3.05) is 37.0 Å². The van der Waals surface area contributed by atoms with Crippen LogP contribution < -0.4 is 10.2 Å². The van der Waals surface area contributed by atoms with Crippen LogP contribution in [-0.4, -0.2) is 48.4 Å². The largest absolute Gasteiger partial charge is 0.390 e. The fourth-order valence-corrected chi connectivity index (χ4v) is 2.52. The summed E-state index contributed by atoms with van der Waals surface area (Å²) in [5.74, 6) is 0.344. The summed E-state index contributed by atoms with van der Waals surface area (Å²) in [7, 11) is 0. The summed E-state index contributed by atoms with van der Waals surface area (Å²) in [4.78, 5) is 2.31. The number of hydrogen-bond acceptors (Lipinski definition) is 4. The van der Waals surface area contributed by atoms with Gasteiger partial charge in [0.15, 0.2) is 0 Å². The Morgan fingerprint density at radius 3 is 2.37 bits per heavy atom. The first-order chi connectivity index (χ1) is 9.22. The number of nitrogens with zero attached hydrogens (tertiary/aromatic N) is 1. The summed E-state index contributed by atoms with van der Waals surface area (Å²) >= 11 is 5.57. The van der Waals surface area contributed by atoms with E-state index in [1.54, 1.807) is 0 Å². The smallest absolute Gasteiger partial charge is 0.105 e. The van der Waals surface area contributed by atoms with Crippen molar-refractivity contribution in [3.63, 3.8) is 0 Å². The molecule has 19 heavy (non-hydrogen) atoms. The zero-order valence-electron chi connectivity index (χ0n) is 10.9. The zero-order valence-corrected chi connectivity index (χ0v) is 11.7. The number of aliphatic hydroxyl groups excluding tert-OH is 2. The summed E-state index contributed by atoms with van der Waals surface area (Å²) in [6.07, 6.45) is -1.28. The molecule has 2 atom stereocenters. The SMILES string of the molecule is OC(CCCl)C(O)c1ccc(N2CCNCC2)cc1. The van der Waals surface area contributed by atoms with Crippen molar-refractivity contribution in [2.24, 2.45) is 0 Å². The molecule has 1 fully saturated rings. The van der Waals surface area contributed by atoms with Gasteiger partial charge in [0, 0.05) is 37.7 Å². The van der Waals surface area contributed by atoms with Gasteiger partial charge in [0.25, 0.3) is 0 Å². The van der Waals surface area contributed by atoms with Crippen molar-refractivity contribution in [1.29, 1.82) is 0 Å². The number of hydrogen-bond donors (Lipinski definition) is 3. The molecule has 0 bridgehead atoms. The van der Waals surface area contributed by atoms with Gasteiger partial charge in [0.2, 0.25) is 0 Å². The summed E-state index contributed by atoms with van der Waals surface area (Å²) < 4.78 is 0. The second-order valence-corrected chi connectivity index (χ2v) is 5.20. The number of anilines is 1. The lowest BCUT2D eigenvalue weighted by Crippen LogP contribution is -2.43. The van der Waals surface area contributed by atoms with Crippen LogP contribution in [0.1, 0.15) is 18.1 Å². The Morgan fingerprint density at radius 1 is 1.16 bits per heavy atom. The Labute approximate surface area is 119 Å². The monoisotopic (exact) mass is 284 g/mol. The van der Waals surface area contributed by atoms with Crippen LogP contribution in [-0.2, 0) is 0 Å². The standard InChI is InChI=1S/C14H21ClN2O2/c15-6-5-13(18)14(19)11-1-3-12(4-2-11)17-9-7-16-8-10-17/h1-4,13-14,16,18-19H,5-10H2. The highest BCUT2D eigenvalue weighted by Crippen LogP contribution is 2.23. The van der Waals surface area contributed by atoms with Gasteiger partial charge in [-0.2, -0.15) is 0 Å². The molecular weight excluding hydrogens is 264 g/mol. The van der Waals surface area contributed by atoms with Gasteiger partial charge >= 0.3 is 0 Å². The normalized spacial score (nSPS) is 19.2. The summed E-state index contributed by atoms with van der Waals surface area (Å²) in [6.45, 7) is 3.99. The maximum absolute atomic E-state index is 9.99. The molecule has 2 rings (SSSR count). The Bertz CT molecular complexity index is 380. The molecule has 0 radical (unpaired) electrons. The van der Waals surface area contributed by atoms with Gasteiger partial charge in [-0.1, -0.05) is 12.1 Å². The fraction of sp³-hybridized carbons (Fsp3) is 0.571. The van der Waals surface area contributed by atoms with Crippen LogP contribution in [0.25, 0.3) is 0 Å². The molecule has 1 aliphatic heterocycles. The highest BCUT2D eigenvalue weighted by Gasteiger charge is 2.18. The molecule has 4 nitrogen and oxygen atoms in total.